The van der Waals surface area contributed by atoms with Crippen LogP contribution in [0.15, 0.2) is 10.3 Å². The van der Waals surface area contributed by atoms with Crippen LogP contribution in [0.25, 0.3) is 0 Å². The summed E-state index contributed by atoms with van der Waals surface area (Å²) in [5, 5.41) is 24.0. The van der Waals surface area contributed by atoms with Crippen LogP contribution in [0, 0.1) is 0 Å². The van der Waals surface area contributed by atoms with Crippen molar-refractivity contribution in [2.24, 2.45) is 10.3 Å². The number of nitrogens with one attached hydrogen (secondary N) is 1. The third-order valence-electron chi connectivity index (χ3n) is 1.13. The first-order chi connectivity index (χ1) is 4.79. The molecule has 0 bridgehead atoms. The summed E-state index contributed by atoms with van der Waals surface area (Å²) >= 11 is 0. The summed E-state index contributed by atoms with van der Waals surface area (Å²) in [6, 6.07) is 0. The monoisotopic (exact) mass is 143 g/mol. The molecule has 0 atom stereocenters. The fourth-order valence-electron chi connectivity index (χ4n) is 0.648. The van der Waals surface area contributed by atoms with Gasteiger partial charge in [-0.25, -0.2) is 0 Å². The van der Waals surface area contributed by atoms with Gasteiger partial charge in [0.25, 0.3) is 5.91 Å². The van der Waals surface area contributed by atoms with Crippen LogP contribution >= 0.6 is 0 Å². The highest BCUT2D eigenvalue weighted by molar-refractivity contribution is 6.70. The van der Waals surface area contributed by atoms with Gasteiger partial charge in [0.1, 0.15) is 5.71 Å². The normalized spacial score (nSPS) is 25.8. The van der Waals surface area contributed by atoms with Gasteiger partial charge in [0.05, 0.1) is 6.54 Å². The minimum Gasteiger partial charge on any atom is -0.411 e. The molecule has 1 aliphatic rings. The van der Waals surface area contributed by atoms with Crippen LogP contribution in [-0.2, 0) is 4.79 Å². The van der Waals surface area contributed by atoms with E-state index in [0.29, 0.717) is 0 Å². The van der Waals surface area contributed by atoms with Gasteiger partial charge < -0.3 is 15.7 Å². The summed E-state index contributed by atoms with van der Waals surface area (Å²) in [5.74, 6) is -0.532. The molecule has 0 radical (unpaired) electrons. The fourth-order valence-corrected chi connectivity index (χ4v) is 0.648. The van der Waals surface area contributed by atoms with Crippen molar-refractivity contribution in [3.63, 3.8) is 0 Å². The summed E-state index contributed by atoms with van der Waals surface area (Å²) in [7, 11) is 0. The minimum atomic E-state index is -0.532. The number of hydrogen-bond acceptors (Lipinski definition) is 5. The Hall–Kier alpha value is -1.59. The molecular weight excluding hydrogens is 138 g/mol. The lowest BCUT2D eigenvalue weighted by Gasteiger charge is -1.85. The standard InChI is InChI=1S/C4H5N3O3/c8-4-3(7-10)2(6-9)1-5-4/h9-10H,1H2,(H,5,8). The van der Waals surface area contributed by atoms with Crippen molar-refractivity contribution in [2.45, 2.75) is 0 Å². The molecular formula is C4H5N3O3. The van der Waals surface area contributed by atoms with E-state index in [-0.39, 0.29) is 18.0 Å². The van der Waals surface area contributed by atoms with Gasteiger partial charge in [-0.1, -0.05) is 10.3 Å². The van der Waals surface area contributed by atoms with Crippen LogP contribution < -0.4 is 5.32 Å². The molecule has 1 rings (SSSR count). The summed E-state index contributed by atoms with van der Waals surface area (Å²) < 4.78 is 0. The highest BCUT2D eigenvalue weighted by atomic mass is 16.4. The zero-order valence-corrected chi connectivity index (χ0v) is 4.90. The molecule has 3 N–H and O–H groups in total. The summed E-state index contributed by atoms with van der Waals surface area (Å²) in [5.41, 5.74) is -0.185. The van der Waals surface area contributed by atoms with Crippen molar-refractivity contribution < 1.29 is 15.2 Å². The predicted octanol–water partition coefficient (Wildman–Crippen LogP) is -1.22. The average molecular weight is 143 g/mol. The molecule has 0 unspecified atom stereocenters. The van der Waals surface area contributed by atoms with Crippen LogP contribution in [-0.4, -0.2) is 34.3 Å². The van der Waals surface area contributed by atoms with Crippen LogP contribution in [0.3, 0.4) is 0 Å². The van der Waals surface area contributed by atoms with Crippen molar-refractivity contribution in [2.75, 3.05) is 6.54 Å². The van der Waals surface area contributed by atoms with Gasteiger partial charge in [-0.15, -0.1) is 0 Å². The first-order valence-corrected chi connectivity index (χ1v) is 2.51. The molecule has 0 aliphatic carbocycles. The van der Waals surface area contributed by atoms with E-state index in [2.05, 4.69) is 15.6 Å². The van der Waals surface area contributed by atoms with E-state index in [9.17, 15) is 4.79 Å². The number of carbonyl (C=O) groups is 1. The summed E-state index contributed by atoms with van der Waals surface area (Å²) in [6.45, 7) is 0.106. The number of hydrogen-bond donors (Lipinski definition) is 3. The van der Waals surface area contributed by atoms with Crippen LogP contribution in [0.5, 0.6) is 0 Å². The molecule has 0 aromatic heterocycles. The van der Waals surface area contributed by atoms with Gasteiger partial charge in [0.15, 0.2) is 5.71 Å². The van der Waals surface area contributed by atoms with Gasteiger partial charge in [0, 0.05) is 0 Å². The van der Waals surface area contributed by atoms with Crippen LogP contribution in [0.2, 0.25) is 0 Å². The fraction of sp³-hybridized carbons (Fsp3) is 0.250. The van der Waals surface area contributed by atoms with Crippen molar-refractivity contribution in [3.8, 4) is 0 Å². The molecule has 1 aliphatic heterocycles. The van der Waals surface area contributed by atoms with Gasteiger partial charge in [-0.3, -0.25) is 4.79 Å². The highest BCUT2D eigenvalue weighted by Gasteiger charge is 2.26. The second kappa shape index (κ2) is 2.34. The van der Waals surface area contributed by atoms with Crippen molar-refractivity contribution >= 4 is 17.3 Å². The van der Waals surface area contributed by atoms with Gasteiger partial charge >= 0.3 is 0 Å². The molecule has 6 heteroatoms. The van der Waals surface area contributed by atoms with Gasteiger partial charge in [-0.2, -0.15) is 0 Å². The zero-order valence-electron chi connectivity index (χ0n) is 4.90. The van der Waals surface area contributed by atoms with Crippen molar-refractivity contribution in [3.05, 3.63) is 0 Å². The quantitative estimate of drug-likeness (QED) is 0.293. The third-order valence-corrected chi connectivity index (χ3v) is 1.13. The second-order valence-electron chi connectivity index (χ2n) is 1.68. The molecule has 1 heterocycles. The average Bonchev–Trinajstić information content (AvgIpc) is 2.30. The predicted molar refractivity (Wildman–Crippen MR) is 31.5 cm³/mol. The molecule has 0 aromatic carbocycles. The Labute approximate surface area is 55.8 Å². The Morgan fingerprint density at radius 1 is 1.40 bits per heavy atom. The van der Waals surface area contributed by atoms with E-state index in [0.717, 1.165) is 0 Å². The lowest BCUT2D eigenvalue weighted by molar-refractivity contribution is -0.114. The Kier molecular flexibility index (Phi) is 1.53. The van der Waals surface area contributed by atoms with E-state index in [1.807, 2.05) is 0 Å². The van der Waals surface area contributed by atoms with Crippen molar-refractivity contribution in [1.82, 2.24) is 5.32 Å². The molecule has 6 nitrogen and oxygen atoms in total. The Morgan fingerprint density at radius 2 is 2.10 bits per heavy atom. The molecule has 1 saturated heterocycles. The smallest absolute Gasteiger partial charge is 0.275 e. The van der Waals surface area contributed by atoms with Crippen molar-refractivity contribution in [1.29, 1.82) is 0 Å². The summed E-state index contributed by atoms with van der Waals surface area (Å²) in [4.78, 5) is 10.6. The number of carbonyl (C=O) groups excluding carboxylic acids is 1. The van der Waals surface area contributed by atoms with E-state index < -0.39 is 5.91 Å². The highest BCUT2D eigenvalue weighted by Crippen LogP contribution is 1.91. The maximum atomic E-state index is 10.6. The van der Waals surface area contributed by atoms with Gasteiger partial charge in [-0.05, 0) is 0 Å². The number of amides is 1. The first kappa shape index (κ1) is 6.53. The topological polar surface area (TPSA) is 94.3 Å². The largest absolute Gasteiger partial charge is 0.411 e. The molecule has 1 amide bonds. The Morgan fingerprint density at radius 3 is 2.50 bits per heavy atom. The molecule has 54 valence electrons. The third kappa shape index (κ3) is 0.790. The SMILES string of the molecule is O=C1NCC(=NO)C1=NO. The van der Waals surface area contributed by atoms with Crippen LogP contribution in [0.1, 0.15) is 0 Å². The maximum absolute atomic E-state index is 10.6. The van der Waals surface area contributed by atoms with Gasteiger partial charge in [0.2, 0.25) is 0 Å². The maximum Gasteiger partial charge on any atom is 0.275 e. The van der Waals surface area contributed by atoms with E-state index in [1.54, 1.807) is 0 Å². The number of oxime groups is 2. The summed E-state index contributed by atoms with van der Waals surface area (Å²) in [6.07, 6.45) is 0. The Balaban J connectivity index is 2.95. The Bertz CT molecular complexity index is 220. The molecule has 1 fully saturated rings. The molecule has 0 aromatic rings. The van der Waals surface area contributed by atoms with E-state index in [4.69, 9.17) is 10.4 Å². The second-order valence-corrected chi connectivity index (χ2v) is 1.68. The number of nitrogens with zero attached hydrogens (tertiary/aromatic N) is 2. The first-order valence-electron chi connectivity index (χ1n) is 2.51. The molecule has 10 heavy (non-hydrogen) atoms. The number of rotatable bonds is 0. The lowest BCUT2D eigenvalue weighted by Crippen LogP contribution is -2.19. The molecule has 0 saturated carbocycles. The lowest BCUT2D eigenvalue weighted by atomic mass is 10.3. The van der Waals surface area contributed by atoms with Crippen LogP contribution in [0.4, 0.5) is 0 Å². The van der Waals surface area contributed by atoms with E-state index in [1.165, 1.54) is 0 Å². The van der Waals surface area contributed by atoms with E-state index >= 15 is 0 Å². The minimum absolute atomic E-state index is 0.0486. The molecule has 0 spiro atoms. The zero-order chi connectivity index (χ0) is 7.56.